The van der Waals surface area contributed by atoms with Gasteiger partial charge in [0.2, 0.25) is 0 Å². The highest BCUT2D eigenvalue weighted by molar-refractivity contribution is 5.76. The van der Waals surface area contributed by atoms with E-state index in [1.807, 2.05) is 0 Å². The van der Waals surface area contributed by atoms with Crippen molar-refractivity contribution in [3.8, 4) is 0 Å². The number of benzene rings is 2. The number of hydrogen-bond donors (Lipinski definition) is 1. The van der Waals surface area contributed by atoms with Crippen LogP contribution in [0, 0.1) is 10.1 Å². The molecule has 0 atom stereocenters. The van der Waals surface area contributed by atoms with Crippen LogP contribution in [-0.4, -0.2) is 17.4 Å². The second-order valence-corrected chi connectivity index (χ2v) is 4.99. The van der Waals surface area contributed by atoms with E-state index >= 15 is 0 Å². The SMILES string of the molecule is O=C(CNc1ccc(C(F)(F)F)cc1[N+](=O)[O-])OCc1ccccc1. The molecular formula is C16H13F3N2O4. The zero-order chi connectivity index (χ0) is 18.4. The Hall–Kier alpha value is -3.10. The molecular weight excluding hydrogens is 341 g/mol. The molecule has 132 valence electrons. The molecule has 0 amide bonds. The normalized spacial score (nSPS) is 11.0. The first kappa shape index (κ1) is 18.2. The van der Waals surface area contributed by atoms with Crippen molar-refractivity contribution in [3.05, 3.63) is 69.8 Å². The summed E-state index contributed by atoms with van der Waals surface area (Å²) in [7, 11) is 0. The fraction of sp³-hybridized carbons (Fsp3) is 0.188. The summed E-state index contributed by atoms with van der Waals surface area (Å²) < 4.78 is 42.8. The van der Waals surface area contributed by atoms with Crippen LogP contribution in [0.15, 0.2) is 48.5 Å². The Morgan fingerprint density at radius 3 is 2.44 bits per heavy atom. The molecule has 0 aromatic heterocycles. The molecule has 0 unspecified atom stereocenters. The Bertz CT molecular complexity index is 764. The minimum absolute atomic E-state index is 0.0243. The minimum atomic E-state index is -4.70. The summed E-state index contributed by atoms with van der Waals surface area (Å²) in [6.45, 7) is -0.393. The molecule has 0 saturated carbocycles. The number of nitro benzene ring substituents is 1. The van der Waals surface area contributed by atoms with Gasteiger partial charge in [-0.15, -0.1) is 0 Å². The van der Waals surface area contributed by atoms with Gasteiger partial charge in [-0.3, -0.25) is 14.9 Å². The zero-order valence-electron chi connectivity index (χ0n) is 12.7. The van der Waals surface area contributed by atoms with E-state index in [1.54, 1.807) is 30.3 Å². The first-order valence-corrected chi connectivity index (χ1v) is 7.06. The summed E-state index contributed by atoms with van der Waals surface area (Å²) in [5, 5.41) is 13.4. The van der Waals surface area contributed by atoms with E-state index in [0.29, 0.717) is 12.1 Å². The zero-order valence-corrected chi connectivity index (χ0v) is 12.7. The minimum Gasteiger partial charge on any atom is -0.460 e. The maximum Gasteiger partial charge on any atom is 0.416 e. The molecule has 2 aromatic rings. The van der Waals surface area contributed by atoms with Crippen LogP contribution >= 0.6 is 0 Å². The summed E-state index contributed by atoms with van der Waals surface area (Å²) in [4.78, 5) is 21.6. The van der Waals surface area contributed by atoms with Crippen LogP contribution in [0.25, 0.3) is 0 Å². The molecule has 0 heterocycles. The molecule has 6 nitrogen and oxygen atoms in total. The third-order valence-electron chi connectivity index (χ3n) is 3.19. The van der Waals surface area contributed by atoms with Gasteiger partial charge in [-0.2, -0.15) is 13.2 Å². The summed E-state index contributed by atoms with van der Waals surface area (Å²) in [6, 6.07) is 10.9. The van der Waals surface area contributed by atoms with Gasteiger partial charge in [-0.05, 0) is 17.7 Å². The van der Waals surface area contributed by atoms with Crippen molar-refractivity contribution in [1.29, 1.82) is 0 Å². The van der Waals surface area contributed by atoms with Gasteiger partial charge in [0.25, 0.3) is 5.69 Å². The van der Waals surface area contributed by atoms with Crippen molar-refractivity contribution in [3.63, 3.8) is 0 Å². The molecule has 0 aliphatic heterocycles. The van der Waals surface area contributed by atoms with Gasteiger partial charge in [0.1, 0.15) is 18.8 Å². The van der Waals surface area contributed by atoms with E-state index in [4.69, 9.17) is 4.74 Å². The summed E-state index contributed by atoms with van der Waals surface area (Å²) >= 11 is 0. The molecule has 0 bridgehead atoms. The fourth-order valence-electron chi connectivity index (χ4n) is 1.96. The highest BCUT2D eigenvalue weighted by Crippen LogP contribution is 2.34. The second kappa shape index (κ2) is 7.65. The maximum absolute atomic E-state index is 12.6. The van der Waals surface area contributed by atoms with Gasteiger partial charge in [0, 0.05) is 6.07 Å². The average molecular weight is 354 g/mol. The van der Waals surface area contributed by atoms with Crippen LogP contribution in [0.1, 0.15) is 11.1 Å². The number of anilines is 1. The van der Waals surface area contributed by atoms with E-state index in [9.17, 15) is 28.1 Å². The maximum atomic E-state index is 12.6. The molecule has 0 aliphatic rings. The number of ether oxygens (including phenoxy) is 1. The van der Waals surface area contributed by atoms with Crippen LogP contribution in [-0.2, 0) is 22.3 Å². The van der Waals surface area contributed by atoms with Gasteiger partial charge in [0.05, 0.1) is 10.5 Å². The summed E-state index contributed by atoms with van der Waals surface area (Å²) in [5.74, 6) is -0.696. The van der Waals surface area contributed by atoms with E-state index in [0.717, 1.165) is 11.6 Å². The Kier molecular flexibility index (Phi) is 5.58. The molecule has 25 heavy (non-hydrogen) atoms. The molecule has 0 aliphatic carbocycles. The summed E-state index contributed by atoms with van der Waals surface area (Å²) in [6.07, 6.45) is -4.70. The van der Waals surface area contributed by atoms with E-state index in [-0.39, 0.29) is 12.3 Å². The van der Waals surface area contributed by atoms with Crippen molar-refractivity contribution in [2.75, 3.05) is 11.9 Å². The number of nitrogens with zero attached hydrogens (tertiary/aromatic N) is 1. The van der Waals surface area contributed by atoms with E-state index < -0.39 is 34.9 Å². The number of carbonyl (C=O) groups excluding carboxylic acids is 1. The van der Waals surface area contributed by atoms with Crippen molar-refractivity contribution >= 4 is 17.3 Å². The average Bonchev–Trinajstić information content (AvgIpc) is 2.58. The van der Waals surface area contributed by atoms with Gasteiger partial charge in [-0.25, -0.2) is 0 Å². The third-order valence-corrected chi connectivity index (χ3v) is 3.19. The van der Waals surface area contributed by atoms with E-state index in [1.165, 1.54) is 0 Å². The Labute approximate surface area is 140 Å². The molecule has 9 heteroatoms. The first-order chi connectivity index (χ1) is 11.8. The predicted octanol–water partition coefficient (Wildman–Crippen LogP) is 3.77. The highest BCUT2D eigenvalue weighted by atomic mass is 19.4. The van der Waals surface area contributed by atoms with Crippen molar-refractivity contribution in [1.82, 2.24) is 0 Å². The lowest BCUT2D eigenvalue weighted by molar-refractivity contribution is -0.384. The molecule has 0 spiro atoms. The number of hydrogen-bond acceptors (Lipinski definition) is 5. The Morgan fingerprint density at radius 1 is 1.16 bits per heavy atom. The largest absolute Gasteiger partial charge is 0.460 e. The molecule has 2 aromatic carbocycles. The van der Waals surface area contributed by atoms with Gasteiger partial charge in [-0.1, -0.05) is 30.3 Å². The molecule has 0 radical (unpaired) electrons. The highest BCUT2D eigenvalue weighted by Gasteiger charge is 2.33. The molecule has 2 rings (SSSR count). The van der Waals surface area contributed by atoms with Crippen LogP contribution in [0.2, 0.25) is 0 Å². The topological polar surface area (TPSA) is 81.5 Å². The number of rotatable bonds is 6. The molecule has 1 N–H and O–H groups in total. The van der Waals surface area contributed by atoms with Gasteiger partial charge < -0.3 is 10.1 Å². The Balaban J connectivity index is 1.99. The Morgan fingerprint density at radius 2 is 1.84 bits per heavy atom. The van der Waals surface area contributed by atoms with Crippen LogP contribution in [0.3, 0.4) is 0 Å². The number of carbonyl (C=O) groups is 1. The van der Waals surface area contributed by atoms with Gasteiger partial charge >= 0.3 is 12.1 Å². The number of nitro groups is 1. The quantitative estimate of drug-likeness (QED) is 0.485. The number of nitrogens with one attached hydrogen (secondary N) is 1. The lowest BCUT2D eigenvalue weighted by atomic mass is 10.1. The van der Waals surface area contributed by atoms with E-state index in [2.05, 4.69) is 5.32 Å². The monoisotopic (exact) mass is 354 g/mol. The number of alkyl halides is 3. The van der Waals surface area contributed by atoms with Crippen LogP contribution in [0.4, 0.5) is 24.5 Å². The smallest absolute Gasteiger partial charge is 0.416 e. The van der Waals surface area contributed by atoms with Crippen molar-refractivity contribution in [2.45, 2.75) is 12.8 Å². The second-order valence-electron chi connectivity index (χ2n) is 4.99. The van der Waals surface area contributed by atoms with Crippen molar-refractivity contribution in [2.24, 2.45) is 0 Å². The predicted molar refractivity (Wildman–Crippen MR) is 82.8 cm³/mol. The van der Waals surface area contributed by atoms with Crippen molar-refractivity contribution < 1.29 is 27.6 Å². The molecule has 0 fully saturated rings. The third kappa shape index (κ3) is 5.20. The van der Waals surface area contributed by atoms with Gasteiger partial charge in [0.15, 0.2) is 0 Å². The molecule has 0 saturated heterocycles. The lowest BCUT2D eigenvalue weighted by Crippen LogP contribution is -2.17. The summed E-state index contributed by atoms with van der Waals surface area (Å²) in [5.41, 5.74) is -1.35. The standard InChI is InChI=1S/C16H13F3N2O4/c17-16(18,19)12-6-7-13(14(8-12)21(23)24)20-9-15(22)25-10-11-4-2-1-3-5-11/h1-8,20H,9-10H2. The van der Waals surface area contributed by atoms with Crippen LogP contribution < -0.4 is 5.32 Å². The lowest BCUT2D eigenvalue weighted by Gasteiger charge is -2.10. The first-order valence-electron chi connectivity index (χ1n) is 7.06. The number of halogens is 3. The fourth-order valence-corrected chi connectivity index (χ4v) is 1.96. The van der Waals surface area contributed by atoms with Crippen LogP contribution in [0.5, 0.6) is 0 Å². The number of esters is 1.